The van der Waals surface area contributed by atoms with E-state index in [1.807, 2.05) is 12.1 Å². The number of ether oxygens (including phenoxy) is 3. The minimum atomic E-state index is 0.0469. The zero-order valence-electron chi connectivity index (χ0n) is 17.1. The maximum Gasteiger partial charge on any atom is 0.159 e. The van der Waals surface area contributed by atoms with Crippen LogP contribution in [0.3, 0.4) is 0 Å². The van der Waals surface area contributed by atoms with Crippen molar-refractivity contribution in [3.8, 4) is 17.2 Å². The summed E-state index contributed by atoms with van der Waals surface area (Å²) >= 11 is 23.6. The van der Waals surface area contributed by atoms with Gasteiger partial charge >= 0.3 is 0 Å². The Morgan fingerprint density at radius 2 is 1.42 bits per heavy atom. The standard InChI is InChI=1S/C23H24Cl4O4/c1-16(28)17-6-8-18(9-7-17)29-11-4-2-3-5-12-31-23-20(24)14-19(15-21(23)25)30-13-10-22(26)27/h6-10,14-15H,2-5,11-13H2,1H3. The Hall–Kier alpha value is -1.59. The molecule has 4 nitrogen and oxygen atoms in total. The first-order chi connectivity index (χ1) is 14.9. The zero-order chi connectivity index (χ0) is 22.6. The number of carbonyl (C=O) groups excluding carboxylic acids is 1. The maximum absolute atomic E-state index is 11.3. The molecular formula is C23H24Cl4O4. The summed E-state index contributed by atoms with van der Waals surface area (Å²) in [5, 5.41) is 0.764. The number of unbranched alkanes of at least 4 members (excludes halogenated alkanes) is 3. The lowest BCUT2D eigenvalue weighted by Crippen LogP contribution is -2.01. The average molecular weight is 506 g/mol. The number of ketones is 1. The molecule has 0 heterocycles. The molecule has 8 heteroatoms. The fourth-order valence-corrected chi connectivity index (χ4v) is 3.37. The Kier molecular flexibility index (Phi) is 11.4. The van der Waals surface area contributed by atoms with Gasteiger partial charge in [-0.15, -0.1) is 0 Å². The summed E-state index contributed by atoms with van der Waals surface area (Å²) in [6, 6.07) is 10.5. The van der Waals surface area contributed by atoms with Gasteiger partial charge in [0.2, 0.25) is 0 Å². The summed E-state index contributed by atoms with van der Waals surface area (Å²) in [5.41, 5.74) is 0.683. The van der Waals surface area contributed by atoms with Crippen LogP contribution >= 0.6 is 46.4 Å². The molecule has 2 aromatic carbocycles. The number of rotatable bonds is 13. The highest BCUT2D eigenvalue weighted by Crippen LogP contribution is 2.37. The lowest BCUT2D eigenvalue weighted by molar-refractivity contribution is 0.101. The normalized spacial score (nSPS) is 10.5. The Balaban J connectivity index is 1.62. The van der Waals surface area contributed by atoms with Gasteiger partial charge in [0.1, 0.15) is 22.6 Å². The molecule has 0 amide bonds. The molecule has 0 aliphatic rings. The number of hydrogen-bond donors (Lipinski definition) is 0. The van der Waals surface area contributed by atoms with Gasteiger partial charge in [-0.2, -0.15) is 0 Å². The van der Waals surface area contributed by atoms with E-state index in [1.54, 1.807) is 31.2 Å². The molecule has 31 heavy (non-hydrogen) atoms. The largest absolute Gasteiger partial charge is 0.494 e. The zero-order valence-corrected chi connectivity index (χ0v) is 20.2. The Bertz CT molecular complexity index is 855. The van der Waals surface area contributed by atoms with Gasteiger partial charge in [0.25, 0.3) is 0 Å². The highest BCUT2D eigenvalue weighted by molar-refractivity contribution is 6.55. The number of hydrogen-bond acceptors (Lipinski definition) is 4. The molecule has 0 fully saturated rings. The van der Waals surface area contributed by atoms with Crippen molar-refractivity contribution in [2.75, 3.05) is 19.8 Å². The van der Waals surface area contributed by atoms with Gasteiger partial charge in [-0.25, -0.2) is 0 Å². The van der Waals surface area contributed by atoms with Crippen molar-refractivity contribution in [3.05, 3.63) is 62.6 Å². The van der Waals surface area contributed by atoms with Gasteiger partial charge in [-0.1, -0.05) is 46.4 Å². The predicted molar refractivity (Wildman–Crippen MR) is 128 cm³/mol. The number of benzene rings is 2. The van der Waals surface area contributed by atoms with Gasteiger partial charge in [0, 0.05) is 17.7 Å². The fourth-order valence-electron chi connectivity index (χ4n) is 2.67. The van der Waals surface area contributed by atoms with Crippen LogP contribution in [0.4, 0.5) is 0 Å². The van der Waals surface area contributed by atoms with Crippen molar-refractivity contribution >= 4 is 52.2 Å². The summed E-state index contributed by atoms with van der Waals surface area (Å²) in [6.45, 7) is 2.90. The highest BCUT2D eigenvalue weighted by atomic mass is 35.5. The third-order valence-electron chi connectivity index (χ3n) is 4.27. The van der Waals surface area contributed by atoms with E-state index in [1.165, 1.54) is 6.08 Å². The fraction of sp³-hybridized carbons (Fsp3) is 0.348. The summed E-state index contributed by atoms with van der Waals surface area (Å²) in [4.78, 5) is 11.3. The molecule has 0 saturated carbocycles. The van der Waals surface area contributed by atoms with Crippen LogP contribution < -0.4 is 14.2 Å². The monoisotopic (exact) mass is 504 g/mol. The van der Waals surface area contributed by atoms with Gasteiger partial charge < -0.3 is 14.2 Å². The molecule has 2 aromatic rings. The van der Waals surface area contributed by atoms with Crippen LogP contribution in [0.15, 0.2) is 47.0 Å². The molecule has 0 saturated heterocycles. The number of carbonyl (C=O) groups is 1. The van der Waals surface area contributed by atoms with Crippen molar-refractivity contribution in [1.29, 1.82) is 0 Å². The van der Waals surface area contributed by atoms with Crippen molar-refractivity contribution in [1.82, 2.24) is 0 Å². The van der Waals surface area contributed by atoms with Gasteiger partial charge in [-0.3, -0.25) is 4.79 Å². The van der Waals surface area contributed by atoms with E-state index in [0.717, 1.165) is 31.4 Å². The highest BCUT2D eigenvalue weighted by Gasteiger charge is 2.10. The second-order valence-electron chi connectivity index (χ2n) is 6.71. The van der Waals surface area contributed by atoms with Gasteiger partial charge in [-0.05, 0) is 62.9 Å². The molecule has 168 valence electrons. The molecule has 2 rings (SSSR count). The van der Waals surface area contributed by atoms with E-state index in [4.69, 9.17) is 60.6 Å². The Morgan fingerprint density at radius 1 is 0.839 bits per heavy atom. The second kappa shape index (κ2) is 13.7. The van der Waals surface area contributed by atoms with Gasteiger partial charge in [0.15, 0.2) is 11.5 Å². The van der Waals surface area contributed by atoms with Crippen LogP contribution in [0.25, 0.3) is 0 Å². The van der Waals surface area contributed by atoms with Crippen LogP contribution in [0.5, 0.6) is 17.2 Å². The maximum atomic E-state index is 11.3. The van der Waals surface area contributed by atoms with E-state index >= 15 is 0 Å². The van der Waals surface area contributed by atoms with Crippen molar-refractivity contribution in [3.63, 3.8) is 0 Å². The Labute approximate surface area is 203 Å². The van der Waals surface area contributed by atoms with E-state index in [0.29, 0.717) is 40.3 Å². The van der Waals surface area contributed by atoms with Crippen LogP contribution in [0, 0.1) is 0 Å². The van der Waals surface area contributed by atoms with Crippen molar-refractivity contribution in [2.45, 2.75) is 32.6 Å². The second-order valence-corrected chi connectivity index (χ2v) is 8.53. The molecule has 0 N–H and O–H groups in total. The first kappa shape index (κ1) is 25.7. The Morgan fingerprint density at radius 3 is 1.97 bits per heavy atom. The van der Waals surface area contributed by atoms with Gasteiger partial charge in [0.05, 0.1) is 23.3 Å². The van der Waals surface area contributed by atoms with Crippen molar-refractivity contribution < 1.29 is 19.0 Å². The van der Waals surface area contributed by atoms with Crippen LogP contribution in [0.1, 0.15) is 43.0 Å². The molecule has 0 bridgehead atoms. The lowest BCUT2D eigenvalue weighted by Gasteiger charge is -2.12. The quantitative estimate of drug-likeness (QED) is 0.205. The first-order valence-electron chi connectivity index (χ1n) is 9.86. The number of halogens is 4. The summed E-state index contributed by atoms with van der Waals surface area (Å²) in [6.07, 6.45) is 5.33. The minimum Gasteiger partial charge on any atom is -0.494 e. The smallest absolute Gasteiger partial charge is 0.159 e. The SMILES string of the molecule is CC(=O)c1ccc(OCCCCCCOc2c(Cl)cc(OCC=C(Cl)Cl)cc2Cl)cc1. The molecule has 0 spiro atoms. The summed E-state index contributed by atoms with van der Waals surface area (Å²) in [5.74, 6) is 1.76. The molecule has 0 unspecified atom stereocenters. The predicted octanol–water partition coefficient (Wildman–Crippen LogP) is 7.91. The van der Waals surface area contributed by atoms with E-state index in [9.17, 15) is 4.79 Å². The third kappa shape index (κ3) is 9.61. The van der Waals surface area contributed by atoms with E-state index < -0.39 is 0 Å². The summed E-state index contributed by atoms with van der Waals surface area (Å²) < 4.78 is 17.0. The molecule has 0 aliphatic heterocycles. The number of Topliss-reactive ketones (excluding diaryl/α,β-unsaturated/α-hetero) is 1. The topological polar surface area (TPSA) is 44.8 Å². The molecule has 0 aliphatic carbocycles. The van der Waals surface area contributed by atoms with Crippen LogP contribution in [-0.2, 0) is 0 Å². The molecule has 0 atom stereocenters. The lowest BCUT2D eigenvalue weighted by atomic mass is 10.1. The molecule has 0 radical (unpaired) electrons. The van der Waals surface area contributed by atoms with Crippen LogP contribution in [-0.4, -0.2) is 25.6 Å². The van der Waals surface area contributed by atoms with E-state index in [2.05, 4.69) is 0 Å². The summed E-state index contributed by atoms with van der Waals surface area (Å²) in [7, 11) is 0. The van der Waals surface area contributed by atoms with Crippen molar-refractivity contribution in [2.24, 2.45) is 0 Å². The molecular weight excluding hydrogens is 482 g/mol. The van der Waals surface area contributed by atoms with E-state index in [-0.39, 0.29) is 16.9 Å². The first-order valence-corrected chi connectivity index (χ1v) is 11.4. The van der Waals surface area contributed by atoms with Crippen LogP contribution in [0.2, 0.25) is 10.0 Å². The third-order valence-corrected chi connectivity index (χ3v) is 5.14. The average Bonchev–Trinajstić information content (AvgIpc) is 2.71. The minimum absolute atomic E-state index is 0.0469. The molecule has 0 aromatic heterocycles.